The van der Waals surface area contributed by atoms with Gasteiger partial charge in [0, 0.05) is 30.6 Å². The van der Waals surface area contributed by atoms with Crippen molar-refractivity contribution in [3.63, 3.8) is 0 Å². The van der Waals surface area contributed by atoms with Crippen molar-refractivity contribution in [3.8, 4) is 22.8 Å². The zero-order valence-electron chi connectivity index (χ0n) is 15.6. The van der Waals surface area contributed by atoms with Crippen LogP contribution in [-0.4, -0.2) is 41.4 Å². The molecule has 2 aromatic heterocycles. The minimum Gasteiger partial charge on any atom is -0.496 e. The molecule has 0 aliphatic heterocycles. The highest BCUT2D eigenvalue weighted by molar-refractivity contribution is 5.99. The van der Waals surface area contributed by atoms with Gasteiger partial charge in [0.15, 0.2) is 0 Å². The lowest BCUT2D eigenvalue weighted by Gasteiger charge is -2.13. The number of nitrogens with one attached hydrogen (secondary N) is 1. The van der Waals surface area contributed by atoms with E-state index < -0.39 is 0 Å². The third-order valence-corrected chi connectivity index (χ3v) is 4.09. The van der Waals surface area contributed by atoms with Crippen molar-refractivity contribution in [1.82, 2.24) is 20.1 Å². The van der Waals surface area contributed by atoms with E-state index in [0.717, 1.165) is 5.56 Å². The van der Waals surface area contributed by atoms with E-state index in [2.05, 4.69) is 15.4 Å². The minimum atomic E-state index is -0.356. The average molecular weight is 380 g/mol. The highest BCUT2D eigenvalue weighted by Gasteiger charge is 2.17. The van der Waals surface area contributed by atoms with Crippen LogP contribution in [0.15, 0.2) is 59.7 Å². The van der Waals surface area contributed by atoms with Gasteiger partial charge in [0.2, 0.25) is 0 Å². The van der Waals surface area contributed by atoms with Crippen LogP contribution in [0.2, 0.25) is 0 Å². The molecule has 1 amide bonds. The summed E-state index contributed by atoms with van der Waals surface area (Å²) in [6.07, 6.45) is 3.34. The lowest BCUT2D eigenvalue weighted by molar-refractivity contribution is 0.0945. The van der Waals surface area contributed by atoms with Crippen LogP contribution in [0.1, 0.15) is 10.4 Å². The molecule has 1 aromatic carbocycles. The average Bonchev–Trinajstić information content (AvgIpc) is 2.74. The Morgan fingerprint density at radius 3 is 2.46 bits per heavy atom. The van der Waals surface area contributed by atoms with Crippen LogP contribution in [0.4, 0.5) is 0 Å². The third kappa shape index (κ3) is 4.17. The molecule has 28 heavy (non-hydrogen) atoms. The summed E-state index contributed by atoms with van der Waals surface area (Å²) in [4.78, 5) is 28.7. The van der Waals surface area contributed by atoms with Crippen molar-refractivity contribution in [3.05, 3.63) is 70.8 Å². The number of rotatable bonds is 7. The van der Waals surface area contributed by atoms with Gasteiger partial charge in [-0.1, -0.05) is 6.07 Å². The number of amides is 1. The molecule has 0 bridgehead atoms. The first kappa shape index (κ1) is 19.1. The number of benzene rings is 1. The zero-order valence-corrected chi connectivity index (χ0v) is 15.6. The topological polar surface area (TPSA) is 95.3 Å². The Hall–Kier alpha value is -3.68. The Morgan fingerprint density at radius 1 is 1.07 bits per heavy atom. The number of carbonyl (C=O) groups excluding carboxylic acids is 1. The molecule has 0 aliphatic carbocycles. The molecule has 0 fully saturated rings. The van der Waals surface area contributed by atoms with Crippen LogP contribution in [-0.2, 0) is 6.54 Å². The second-order valence-electron chi connectivity index (χ2n) is 5.82. The van der Waals surface area contributed by atoms with Gasteiger partial charge in [0.05, 0.1) is 26.5 Å². The molecule has 0 aliphatic rings. The molecule has 0 saturated carbocycles. The third-order valence-electron chi connectivity index (χ3n) is 4.09. The fourth-order valence-corrected chi connectivity index (χ4v) is 2.72. The van der Waals surface area contributed by atoms with Gasteiger partial charge in [0.25, 0.3) is 11.5 Å². The zero-order chi connectivity index (χ0) is 19.9. The fraction of sp³-hybridized carbons (Fsp3) is 0.200. The molecular weight excluding hydrogens is 360 g/mol. The molecule has 8 heteroatoms. The Bertz CT molecular complexity index is 996. The first-order valence-electron chi connectivity index (χ1n) is 8.62. The van der Waals surface area contributed by atoms with Crippen molar-refractivity contribution in [2.24, 2.45) is 0 Å². The maximum atomic E-state index is 12.6. The van der Waals surface area contributed by atoms with Crippen LogP contribution < -0.4 is 20.3 Å². The van der Waals surface area contributed by atoms with Gasteiger partial charge in [-0.15, -0.1) is 0 Å². The van der Waals surface area contributed by atoms with E-state index >= 15 is 0 Å². The van der Waals surface area contributed by atoms with Crippen LogP contribution in [0.3, 0.4) is 0 Å². The van der Waals surface area contributed by atoms with Crippen LogP contribution >= 0.6 is 0 Å². The Kier molecular flexibility index (Phi) is 6.01. The first-order chi connectivity index (χ1) is 13.6. The molecule has 3 aromatic rings. The summed E-state index contributed by atoms with van der Waals surface area (Å²) in [7, 11) is 2.97. The van der Waals surface area contributed by atoms with E-state index in [1.165, 1.54) is 25.0 Å². The lowest BCUT2D eigenvalue weighted by atomic mass is 10.1. The summed E-state index contributed by atoms with van der Waals surface area (Å²) in [5.41, 5.74) is 1.48. The standard InChI is InChI=1S/C20H20N4O4/c1-27-16-6-3-7-17(28-2)19(16)20(26)22-11-12-24-18(25)9-8-15(23-24)14-5-4-10-21-13-14/h3-10,13H,11-12H2,1-2H3,(H,22,26). The predicted octanol–water partition coefficient (Wildman–Crippen LogP) is 1.75. The number of methoxy groups -OCH3 is 2. The van der Waals surface area contributed by atoms with Gasteiger partial charge in [0.1, 0.15) is 17.1 Å². The number of hydrogen-bond donors (Lipinski definition) is 1. The highest BCUT2D eigenvalue weighted by Crippen LogP contribution is 2.27. The van der Waals surface area contributed by atoms with Crippen LogP contribution in [0, 0.1) is 0 Å². The second-order valence-corrected chi connectivity index (χ2v) is 5.82. The van der Waals surface area contributed by atoms with Crippen molar-refractivity contribution in [2.75, 3.05) is 20.8 Å². The SMILES string of the molecule is COc1cccc(OC)c1C(=O)NCCn1nc(-c2cccnc2)ccc1=O. The van der Waals surface area contributed by atoms with Crippen molar-refractivity contribution in [2.45, 2.75) is 6.54 Å². The molecule has 3 rings (SSSR count). The number of carbonyl (C=O) groups is 1. The molecule has 0 saturated heterocycles. The van der Waals surface area contributed by atoms with E-state index in [1.807, 2.05) is 6.07 Å². The summed E-state index contributed by atoms with van der Waals surface area (Å²) in [6.45, 7) is 0.430. The second kappa shape index (κ2) is 8.81. The number of nitrogens with zero attached hydrogens (tertiary/aromatic N) is 3. The Balaban J connectivity index is 1.72. The maximum absolute atomic E-state index is 12.6. The molecule has 8 nitrogen and oxygen atoms in total. The van der Waals surface area contributed by atoms with Crippen molar-refractivity contribution < 1.29 is 14.3 Å². The number of pyridine rings is 1. The quantitative estimate of drug-likeness (QED) is 0.671. The van der Waals surface area contributed by atoms with Crippen LogP contribution in [0.25, 0.3) is 11.3 Å². The summed E-state index contributed by atoms with van der Waals surface area (Å²) >= 11 is 0. The summed E-state index contributed by atoms with van der Waals surface area (Å²) in [5, 5.41) is 7.12. The summed E-state index contributed by atoms with van der Waals surface area (Å²) in [6, 6.07) is 11.9. The van der Waals surface area contributed by atoms with Gasteiger partial charge in [-0.25, -0.2) is 4.68 Å². The van der Waals surface area contributed by atoms with E-state index in [0.29, 0.717) is 22.8 Å². The molecule has 0 spiro atoms. The summed E-state index contributed by atoms with van der Waals surface area (Å²) in [5.74, 6) is 0.460. The highest BCUT2D eigenvalue weighted by atomic mass is 16.5. The summed E-state index contributed by atoms with van der Waals surface area (Å²) < 4.78 is 11.8. The predicted molar refractivity (Wildman–Crippen MR) is 104 cm³/mol. The Morgan fingerprint density at radius 2 is 1.82 bits per heavy atom. The fourth-order valence-electron chi connectivity index (χ4n) is 2.72. The van der Waals surface area contributed by atoms with Crippen molar-refractivity contribution >= 4 is 5.91 Å². The van der Waals surface area contributed by atoms with E-state index in [9.17, 15) is 9.59 Å². The largest absolute Gasteiger partial charge is 0.496 e. The van der Waals surface area contributed by atoms with Gasteiger partial charge < -0.3 is 14.8 Å². The molecular formula is C20H20N4O4. The monoisotopic (exact) mass is 380 g/mol. The van der Waals surface area contributed by atoms with Crippen LogP contribution in [0.5, 0.6) is 11.5 Å². The van der Waals surface area contributed by atoms with Gasteiger partial charge >= 0.3 is 0 Å². The molecule has 2 heterocycles. The van der Waals surface area contributed by atoms with E-state index in [1.54, 1.807) is 42.7 Å². The molecule has 0 atom stereocenters. The smallest absolute Gasteiger partial charge is 0.266 e. The molecule has 0 unspecified atom stereocenters. The molecule has 1 N–H and O–H groups in total. The number of ether oxygens (including phenoxy) is 2. The minimum absolute atomic E-state index is 0.212. The van der Waals surface area contributed by atoms with Gasteiger partial charge in [-0.05, 0) is 30.3 Å². The van der Waals surface area contributed by atoms with Gasteiger partial charge in [-0.2, -0.15) is 5.10 Å². The molecule has 0 radical (unpaired) electrons. The molecule has 144 valence electrons. The van der Waals surface area contributed by atoms with E-state index in [-0.39, 0.29) is 24.6 Å². The van der Waals surface area contributed by atoms with Gasteiger partial charge in [-0.3, -0.25) is 14.6 Å². The van der Waals surface area contributed by atoms with E-state index in [4.69, 9.17) is 9.47 Å². The number of hydrogen-bond acceptors (Lipinski definition) is 6. The normalized spacial score (nSPS) is 10.4. The Labute approximate surface area is 161 Å². The number of aromatic nitrogens is 3. The lowest BCUT2D eigenvalue weighted by Crippen LogP contribution is -2.32. The first-order valence-corrected chi connectivity index (χ1v) is 8.62. The maximum Gasteiger partial charge on any atom is 0.266 e. The van der Waals surface area contributed by atoms with Crippen molar-refractivity contribution in [1.29, 1.82) is 0 Å².